The average molecular weight is 239 g/mol. The number of rotatable bonds is 2. The minimum absolute atomic E-state index is 0.408. The largest absolute Gasteiger partial charge is 0.369 e. The van der Waals surface area contributed by atoms with E-state index in [1.54, 1.807) is 4.40 Å². The van der Waals surface area contributed by atoms with Gasteiger partial charge in [0.05, 0.1) is 5.69 Å². The van der Waals surface area contributed by atoms with Gasteiger partial charge in [0.1, 0.15) is 0 Å². The Hall–Kier alpha value is -2.43. The Bertz CT molecular complexity index is 687. The molecule has 5 nitrogen and oxygen atoms in total. The molecule has 0 saturated carbocycles. The summed E-state index contributed by atoms with van der Waals surface area (Å²) in [4.78, 5) is 13.2. The SMILES string of the molecule is CCc1cn2c(N)nc(-c3ccccc3)nc2n1. The number of aryl methyl sites for hydroxylation is 1. The second-order valence-corrected chi connectivity index (χ2v) is 4.03. The van der Waals surface area contributed by atoms with Crippen molar-refractivity contribution in [3.63, 3.8) is 0 Å². The van der Waals surface area contributed by atoms with Crippen LogP contribution in [0.4, 0.5) is 5.95 Å². The highest BCUT2D eigenvalue weighted by Gasteiger charge is 2.09. The summed E-state index contributed by atoms with van der Waals surface area (Å²) < 4.78 is 1.71. The van der Waals surface area contributed by atoms with Crippen LogP contribution in [0.25, 0.3) is 17.2 Å². The van der Waals surface area contributed by atoms with Gasteiger partial charge in [0.2, 0.25) is 11.7 Å². The molecule has 5 heteroatoms. The first kappa shape index (κ1) is 10.7. The van der Waals surface area contributed by atoms with E-state index in [2.05, 4.69) is 15.0 Å². The fraction of sp³-hybridized carbons (Fsp3) is 0.154. The minimum Gasteiger partial charge on any atom is -0.369 e. The smallest absolute Gasteiger partial charge is 0.238 e. The number of hydrogen-bond donors (Lipinski definition) is 1. The van der Waals surface area contributed by atoms with E-state index in [9.17, 15) is 0 Å². The highest BCUT2D eigenvalue weighted by molar-refractivity contribution is 5.58. The van der Waals surface area contributed by atoms with Crippen molar-refractivity contribution < 1.29 is 0 Å². The van der Waals surface area contributed by atoms with E-state index in [1.807, 2.05) is 43.5 Å². The van der Waals surface area contributed by atoms with Crippen LogP contribution in [0.15, 0.2) is 36.5 Å². The zero-order valence-electron chi connectivity index (χ0n) is 10.0. The van der Waals surface area contributed by atoms with Gasteiger partial charge in [-0.05, 0) is 6.42 Å². The molecule has 18 heavy (non-hydrogen) atoms. The number of fused-ring (bicyclic) bond motifs is 1. The van der Waals surface area contributed by atoms with Crippen molar-refractivity contribution in [3.05, 3.63) is 42.2 Å². The predicted molar refractivity (Wildman–Crippen MR) is 70.0 cm³/mol. The summed E-state index contributed by atoms with van der Waals surface area (Å²) in [5.74, 6) is 1.61. The summed E-state index contributed by atoms with van der Waals surface area (Å²) in [6.07, 6.45) is 2.73. The lowest BCUT2D eigenvalue weighted by molar-refractivity contribution is 1.04. The molecule has 0 unspecified atom stereocenters. The molecule has 2 aromatic heterocycles. The first-order chi connectivity index (χ1) is 8.78. The Kier molecular flexibility index (Phi) is 2.44. The molecule has 2 heterocycles. The number of nitrogen functional groups attached to an aromatic ring is 1. The summed E-state index contributed by atoms with van der Waals surface area (Å²) in [6.45, 7) is 2.05. The molecule has 0 fully saturated rings. The summed E-state index contributed by atoms with van der Waals surface area (Å²) in [7, 11) is 0. The zero-order chi connectivity index (χ0) is 12.5. The number of benzene rings is 1. The number of nitrogens with two attached hydrogens (primary N) is 1. The molecular weight excluding hydrogens is 226 g/mol. The Balaban J connectivity index is 2.21. The van der Waals surface area contributed by atoms with Crippen molar-refractivity contribution in [2.45, 2.75) is 13.3 Å². The molecular formula is C13H13N5. The van der Waals surface area contributed by atoms with Gasteiger partial charge in [0, 0.05) is 11.8 Å². The van der Waals surface area contributed by atoms with Gasteiger partial charge in [0.25, 0.3) is 0 Å². The van der Waals surface area contributed by atoms with E-state index in [4.69, 9.17) is 5.73 Å². The standard InChI is InChI=1S/C13H13N5/c1-2-10-8-18-12(14)16-11(17-13(18)15-10)9-6-4-3-5-7-9/h3-8H,2H2,1H3,(H2,14,15,16,17). The lowest BCUT2D eigenvalue weighted by Gasteiger charge is -2.02. The molecule has 0 aliphatic carbocycles. The summed E-state index contributed by atoms with van der Waals surface area (Å²) in [5, 5.41) is 0. The minimum atomic E-state index is 0.408. The quantitative estimate of drug-likeness (QED) is 0.742. The monoisotopic (exact) mass is 239 g/mol. The molecule has 0 aliphatic rings. The number of aromatic nitrogens is 4. The summed E-state index contributed by atoms with van der Waals surface area (Å²) in [5.41, 5.74) is 7.83. The third kappa shape index (κ3) is 1.69. The fourth-order valence-corrected chi connectivity index (χ4v) is 1.83. The maximum absolute atomic E-state index is 5.93. The van der Waals surface area contributed by atoms with Crippen molar-refractivity contribution in [1.29, 1.82) is 0 Å². The molecule has 0 atom stereocenters. The van der Waals surface area contributed by atoms with Crippen LogP contribution in [0, 0.1) is 0 Å². The number of nitrogens with zero attached hydrogens (tertiary/aromatic N) is 4. The van der Waals surface area contributed by atoms with E-state index in [0.717, 1.165) is 17.7 Å². The second-order valence-electron chi connectivity index (χ2n) is 4.03. The van der Waals surface area contributed by atoms with Gasteiger partial charge in [-0.2, -0.15) is 9.97 Å². The van der Waals surface area contributed by atoms with E-state index in [-0.39, 0.29) is 0 Å². The van der Waals surface area contributed by atoms with Crippen molar-refractivity contribution in [2.75, 3.05) is 5.73 Å². The summed E-state index contributed by atoms with van der Waals surface area (Å²) >= 11 is 0. The van der Waals surface area contributed by atoms with E-state index >= 15 is 0 Å². The van der Waals surface area contributed by atoms with E-state index in [1.165, 1.54) is 0 Å². The normalized spacial score (nSPS) is 10.9. The van der Waals surface area contributed by atoms with Crippen LogP contribution in [0.5, 0.6) is 0 Å². The Morgan fingerprint density at radius 2 is 1.89 bits per heavy atom. The first-order valence-electron chi connectivity index (χ1n) is 5.85. The second kappa shape index (κ2) is 4.10. The van der Waals surface area contributed by atoms with Gasteiger partial charge >= 0.3 is 0 Å². The Labute approximate surface area is 104 Å². The molecule has 0 radical (unpaired) electrons. The third-order valence-corrected chi connectivity index (χ3v) is 2.80. The van der Waals surface area contributed by atoms with Crippen LogP contribution in [0.1, 0.15) is 12.6 Å². The maximum Gasteiger partial charge on any atom is 0.238 e. The molecule has 2 N–H and O–H groups in total. The number of hydrogen-bond acceptors (Lipinski definition) is 4. The van der Waals surface area contributed by atoms with Gasteiger partial charge in [-0.15, -0.1) is 0 Å². The molecule has 1 aromatic carbocycles. The molecule has 0 amide bonds. The highest BCUT2D eigenvalue weighted by Crippen LogP contribution is 2.17. The highest BCUT2D eigenvalue weighted by atomic mass is 15.2. The Morgan fingerprint density at radius 1 is 1.11 bits per heavy atom. The van der Waals surface area contributed by atoms with Crippen molar-refractivity contribution in [3.8, 4) is 11.4 Å². The van der Waals surface area contributed by atoms with Gasteiger partial charge in [-0.3, -0.25) is 4.40 Å². The molecule has 0 bridgehead atoms. The maximum atomic E-state index is 5.93. The fourth-order valence-electron chi connectivity index (χ4n) is 1.83. The van der Waals surface area contributed by atoms with Crippen LogP contribution in [0.3, 0.4) is 0 Å². The van der Waals surface area contributed by atoms with Crippen molar-refractivity contribution in [1.82, 2.24) is 19.4 Å². The molecule has 90 valence electrons. The van der Waals surface area contributed by atoms with Crippen molar-refractivity contribution >= 4 is 11.7 Å². The molecule has 0 aliphatic heterocycles. The molecule has 3 aromatic rings. The molecule has 3 rings (SSSR count). The van der Waals surface area contributed by atoms with Crippen LogP contribution < -0.4 is 5.73 Å². The first-order valence-corrected chi connectivity index (χ1v) is 5.85. The average Bonchev–Trinajstić information content (AvgIpc) is 2.83. The number of anilines is 1. The van der Waals surface area contributed by atoms with Gasteiger partial charge in [-0.1, -0.05) is 37.3 Å². The van der Waals surface area contributed by atoms with Crippen LogP contribution in [-0.4, -0.2) is 19.4 Å². The van der Waals surface area contributed by atoms with Gasteiger partial charge in [-0.25, -0.2) is 4.98 Å². The molecule has 0 saturated heterocycles. The third-order valence-electron chi connectivity index (χ3n) is 2.80. The lowest BCUT2D eigenvalue weighted by Crippen LogP contribution is -2.03. The van der Waals surface area contributed by atoms with Gasteiger partial charge in [0.15, 0.2) is 5.82 Å². The van der Waals surface area contributed by atoms with Crippen molar-refractivity contribution in [2.24, 2.45) is 0 Å². The van der Waals surface area contributed by atoms with E-state index < -0.39 is 0 Å². The van der Waals surface area contributed by atoms with Gasteiger partial charge < -0.3 is 5.73 Å². The van der Waals surface area contributed by atoms with E-state index in [0.29, 0.717) is 17.6 Å². The Morgan fingerprint density at radius 3 is 2.61 bits per heavy atom. The summed E-state index contributed by atoms with van der Waals surface area (Å²) in [6, 6.07) is 9.75. The van der Waals surface area contributed by atoms with Crippen LogP contribution in [-0.2, 0) is 6.42 Å². The molecule has 0 spiro atoms. The predicted octanol–water partition coefficient (Wildman–Crippen LogP) is 1.94. The van der Waals surface area contributed by atoms with Crippen LogP contribution in [0.2, 0.25) is 0 Å². The zero-order valence-corrected chi connectivity index (χ0v) is 10.0. The lowest BCUT2D eigenvalue weighted by atomic mass is 10.2. The van der Waals surface area contributed by atoms with Crippen LogP contribution >= 0.6 is 0 Å². The topological polar surface area (TPSA) is 69.1 Å². The number of imidazole rings is 1.